The Morgan fingerprint density at radius 1 is 0.500 bits per heavy atom. The van der Waals surface area contributed by atoms with Crippen LogP contribution in [0.15, 0.2) is 36.5 Å². The van der Waals surface area contributed by atoms with E-state index >= 15 is 0 Å². The fourth-order valence-electron chi connectivity index (χ4n) is 5.71. The fraction of sp³-hybridized carbons (Fsp3) is 0.692. The first kappa shape index (κ1) is 45.5. The first-order valence-corrected chi connectivity index (χ1v) is 21.9. The predicted molar refractivity (Wildman–Crippen MR) is 210 cm³/mol. The maximum absolute atomic E-state index is 12.7. The number of hydrogen-bond donors (Lipinski definition) is 0. The van der Waals surface area contributed by atoms with Crippen molar-refractivity contribution in [3.8, 4) is 0 Å². The minimum atomic E-state index is -1.05. The van der Waals surface area contributed by atoms with Gasteiger partial charge in [0.15, 0.2) is 0 Å². The van der Waals surface area contributed by atoms with E-state index < -0.39 is 39.2 Å². The van der Waals surface area contributed by atoms with E-state index in [-0.39, 0.29) is 56.3 Å². The highest BCUT2D eigenvalue weighted by atomic mass is 32.2. The lowest BCUT2D eigenvalue weighted by atomic mass is 9.88. The molecule has 0 fully saturated rings. The van der Waals surface area contributed by atoms with Gasteiger partial charge in [-0.1, -0.05) is 43.4 Å². The van der Waals surface area contributed by atoms with E-state index in [9.17, 15) is 28.8 Å². The van der Waals surface area contributed by atoms with Gasteiger partial charge in [-0.3, -0.25) is 14.4 Å². The largest absolute Gasteiger partial charge is 0.465 e. The third-order valence-corrected chi connectivity index (χ3v) is 11.7. The van der Waals surface area contributed by atoms with Gasteiger partial charge in [0.05, 0.1) is 44.5 Å². The molecule has 15 heteroatoms. The molecule has 0 heterocycles. The van der Waals surface area contributed by atoms with Crippen LogP contribution in [-0.4, -0.2) is 90.7 Å². The lowest BCUT2D eigenvalue weighted by Gasteiger charge is -2.31. The number of carbonyl (C=O) groups excluding carboxylic acids is 6. The first-order valence-electron chi connectivity index (χ1n) is 19.0. The third-order valence-electron chi connectivity index (χ3n) is 9.39. The molecule has 0 spiro atoms. The van der Waals surface area contributed by atoms with Gasteiger partial charge in [0, 0.05) is 17.3 Å². The van der Waals surface area contributed by atoms with Crippen LogP contribution in [0.4, 0.5) is 14.4 Å². The van der Waals surface area contributed by atoms with Crippen molar-refractivity contribution in [2.75, 3.05) is 56.9 Å². The molecule has 3 rings (SSSR count). The minimum Gasteiger partial charge on any atom is -0.465 e. The summed E-state index contributed by atoms with van der Waals surface area (Å²) in [5.74, 6) is -0.275. The summed E-state index contributed by atoms with van der Waals surface area (Å²) in [5, 5.41) is -1.33. The van der Waals surface area contributed by atoms with Gasteiger partial charge in [0.2, 0.25) is 0 Å². The molecule has 0 aromatic heterocycles. The lowest BCUT2D eigenvalue weighted by molar-refractivity contribution is -0.161. The van der Waals surface area contributed by atoms with Crippen LogP contribution in [0.2, 0.25) is 0 Å². The summed E-state index contributed by atoms with van der Waals surface area (Å²) >= 11 is 2.72. The Kier molecular flexibility index (Phi) is 22.6. The van der Waals surface area contributed by atoms with E-state index in [0.29, 0.717) is 44.0 Å². The third kappa shape index (κ3) is 20.1. The van der Waals surface area contributed by atoms with Crippen molar-refractivity contribution in [2.24, 2.45) is 23.2 Å². The van der Waals surface area contributed by atoms with Crippen molar-refractivity contribution in [1.82, 2.24) is 0 Å². The number of rotatable bonds is 22. The highest BCUT2D eigenvalue weighted by Crippen LogP contribution is 2.27. The standard InChI is InChI=1S/C39H56O12S3/c1-2-39(27-49-33(40)18-21-52-36(43)46-24-30-12-6-3-7-13-30,28-50-34(41)19-22-53-37(44)47-25-31-14-8-4-9-15-31)29-51-35(42)20-23-54-38(45)48-26-32-16-10-5-11-17-32/h3-6,8,10,30-32H,2,7,9,11-29H2,1H3. The van der Waals surface area contributed by atoms with Crippen LogP contribution in [-0.2, 0) is 42.8 Å². The van der Waals surface area contributed by atoms with Gasteiger partial charge in [0.25, 0.3) is 0 Å². The number of thioether (sulfide) groups is 3. The average Bonchev–Trinajstić information content (AvgIpc) is 3.19. The molecule has 0 saturated heterocycles. The topological polar surface area (TPSA) is 158 Å². The van der Waals surface area contributed by atoms with Crippen molar-refractivity contribution in [1.29, 1.82) is 0 Å². The molecule has 0 radical (unpaired) electrons. The maximum atomic E-state index is 12.7. The van der Waals surface area contributed by atoms with Gasteiger partial charge in [-0.15, -0.1) is 0 Å². The Morgan fingerprint density at radius 2 is 0.815 bits per heavy atom. The molecular weight excluding hydrogens is 757 g/mol. The van der Waals surface area contributed by atoms with Crippen molar-refractivity contribution >= 4 is 69.1 Å². The van der Waals surface area contributed by atoms with Crippen LogP contribution in [0.25, 0.3) is 0 Å². The predicted octanol–water partition coefficient (Wildman–Crippen LogP) is 8.86. The molecule has 0 aromatic carbocycles. The zero-order chi connectivity index (χ0) is 38.9. The van der Waals surface area contributed by atoms with E-state index in [1.165, 1.54) is 0 Å². The summed E-state index contributed by atoms with van der Waals surface area (Å²) < 4.78 is 32.7. The zero-order valence-corrected chi connectivity index (χ0v) is 33.8. The molecule has 0 saturated carbocycles. The van der Waals surface area contributed by atoms with Crippen molar-refractivity contribution in [2.45, 2.75) is 90.4 Å². The lowest BCUT2D eigenvalue weighted by Crippen LogP contribution is -2.39. The summed E-state index contributed by atoms with van der Waals surface area (Å²) in [5.41, 5.74) is -1.05. The summed E-state index contributed by atoms with van der Waals surface area (Å²) in [6.45, 7) is 2.22. The highest BCUT2D eigenvalue weighted by Gasteiger charge is 2.34. The maximum Gasteiger partial charge on any atom is 0.367 e. The SMILES string of the molecule is CCC(COC(=O)CCSC(=O)OCC1CC=CCC1)(COC(=O)CCSC(=O)OCC1CC=CCC1)COC(=O)CCSC(=O)OCC1CC=CCC1. The molecule has 0 N–H and O–H groups in total. The van der Waals surface area contributed by atoms with Crippen molar-refractivity contribution < 1.29 is 57.2 Å². The molecule has 0 aromatic rings. The van der Waals surface area contributed by atoms with E-state index in [0.717, 1.165) is 93.1 Å². The number of carbonyl (C=O) groups is 6. The Hall–Kier alpha value is -2.91. The molecule has 3 aliphatic carbocycles. The molecule has 302 valence electrons. The average molecular weight is 813 g/mol. The monoisotopic (exact) mass is 812 g/mol. The van der Waals surface area contributed by atoms with Crippen molar-refractivity contribution in [3.05, 3.63) is 36.5 Å². The number of esters is 3. The van der Waals surface area contributed by atoms with Gasteiger partial charge in [0.1, 0.15) is 19.8 Å². The Morgan fingerprint density at radius 3 is 1.07 bits per heavy atom. The van der Waals surface area contributed by atoms with Crippen LogP contribution in [0.5, 0.6) is 0 Å². The van der Waals surface area contributed by atoms with E-state index in [4.69, 9.17) is 28.4 Å². The summed E-state index contributed by atoms with van der Waals surface area (Å²) in [6.07, 6.45) is 21.3. The molecule has 3 atom stereocenters. The molecule has 0 aliphatic heterocycles. The van der Waals surface area contributed by atoms with Crippen molar-refractivity contribution in [3.63, 3.8) is 0 Å². The van der Waals surface area contributed by atoms with Crippen LogP contribution in [0, 0.1) is 23.2 Å². The molecule has 0 amide bonds. The molecule has 3 unspecified atom stereocenters. The molecule has 0 bridgehead atoms. The van der Waals surface area contributed by atoms with E-state index in [2.05, 4.69) is 36.5 Å². The second kappa shape index (κ2) is 26.8. The summed E-state index contributed by atoms with van der Waals surface area (Å²) in [4.78, 5) is 74.5. The quantitative estimate of drug-likeness (QED) is 0.0579. The normalized spacial score (nSPS) is 20.3. The molecule has 54 heavy (non-hydrogen) atoms. The van der Waals surface area contributed by atoms with Gasteiger partial charge in [-0.05, 0) is 117 Å². The van der Waals surface area contributed by atoms with Crippen LogP contribution in [0.1, 0.15) is 90.4 Å². The van der Waals surface area contributed by atoms with Gasteiger partial charge in [-0.25, -0.2) is 14.4 Å². The van der Waals surface area contributed by atoms with E-state index in [1.807, 2.05) is 0 Å². The van der Waals surface area contributed by atoms with E-state index in [1.54, 1.807) is 6.92 Å². The fourth-order valence-corrected chi connectivity index (χ4v) is 7.47. The Bertz CT molecular complexity index is 1150. The molecule has 3 aliphatic rings. The highest BCUT2D eigenvalue weighted by molar-refractivity contribution is 8.13. The summed E-state index contributed by atoms with van der Waals surface area (Å²) in [7, 11) is 0. The number of allylic oxidation sites excluding steroid dienone is 6. The Labute approximate surface area is 332 Å². The van der Waals surface area contributed by atoms with Gasteiger partial charge >= 0.3 is 33.8 Å². The Balaban J connectivity index is 1.41. The van der Waals surface area contributed by atoms with Crippen LogP contribution in [0.3, 0.4) is 0 Å². The second-order valence-corrected chi connectivity index (χ2v) is 16.9. The second-order valence-electron chi connectivity index (χ2n) is 13.8. The smallest absolute Gasteiger partial charge is 0.367 e. The van der Waals surface area contributed by atoms with Crippen LogP contribution >= 0.6 is 35.3 Å². The molecule has 12 nitrogen and oxygen atoms in total. The first-order chi connectivity index (χ1) is 26.2. The van der Waals surface area contributed by atoms with Gasteiger partial charge in [-0.2, -0.15) is 0 Å². The zero-order valence-electron chi connectivity index (χ0n) is 31.4. The number of hydrogen-bond acceptors (Lipinski definition) is 15. The van der Waals surface area contributed by atoms with Gasteiger partial charge < -0.3 is 28.4 Å². The minimum absolute atomic E-state index is 0.0547. The summed E-state index contributed by atoms with van der Waals surface area (Å²) in [6, 6.07) is 0. The van der Waals surface area contributed by atoms with Crippen LogP contribution < -0.4 is 0 Å². The molecular formula is C39H56O12S3. The number of ether oxygens (including phenoxy) is 6.